The van der Waals surface area contributed by atoms with Crippen molar-refractivity contribution in [2.75, 3.05) is 13.2 Å². The van der Waals surface area contributed by atoms with Crippen LogP contribution in [0.1, 0.15) is 43.2 Å². The third kappa shape index (κ3) is 5.17. The summed E-state index contributed by atoms with van der Waals surface area (Å²) in [6.45, 7) is 1.81. The number of carboxylic acid groups (broad SMARTS) is 1. The van der Waals surface area contributed by atoms with E-state index in [4.69, 9.17) is 9.84 Å². The van der Waals surface area contributed by atoms with Gasteiger partial charge in [-0.05, 0) is 28.7 Å². The third-order valence-corrected chi connectivity index (χ3v) is 5.16. The van der Waals surface area contributed by atoms with Crippen molar-refractivity contribution in [1.82, 2.24) is 10.6 Å². The van der Waals surface area contributed by atoms with E-state index in [-0.39, 0.29) is 25.5 Å². The number of benzene rings is 2. The second-order valence-electron chi connectivity index (χ2n) is 7.33. The van der Waals surface area contributed by atoms with Gasteiger partial charge in [0.1, 0.15) is 13.2 Å². The molecule has 158 valence electrons. The van der Waals surface area contributed by atoms with Crippen LogP contribution in [0.25, 0.3) is 11.1 Å². The maximum absolute atomic E-state index is 12.1. The van der Waals surface area contributed by atoms with E-state index in [0.717, 1.165) is 28.7 Å². The zero-order chi connectivity index (χ0) is 21.5. The first kappa shape index (κ1) is 21.4. The molecule has 30 heavy (non-hydrogen) atoms. The van der Waals surface area contributed by atoms with Crippen molar-refractivity contribution >= 4 is 18.0 Å². The van der Waals surface area contributed by atoms with Crippen molar-refractivity contribution < 1.29 is 24.2 Å². The molecule has 7 nitrogen and oxygen atoms in total. The van der Waals surface area contributed by atoms with Crippen LogP contribution in [-0.4, -0.2) is 42.3 Å². The van der Waals surface area contributed by atoms with Crippen LogP contribution in [0.15, 0.2) is 48.5 Å². The predicted molar refractivity (Wildman–Crippen MR) is 112 cm³/mol. The van der Waals surface area contributed by atoms with Gasteiger partial charge in [-0.1, -0.05) is 61.9 Å². The summed E-state index contributed by atoms with van der Waals surface area (Å²) in [5, 5.41) is 14.0. The van der Waals surface area contributed by atoms with Gasteiger partial charge >= 0.3 is 12.1 Å². The first-order valence-corrected chi connectivity index (χ1v) is 10.1. The lowest BCUT2D eigenvalue weighted by Crippen LogP contribution is -2.43. The molecule has 3 rings (SSSR count). The Morgan fingerprint density at radius 3 is 2.20 bits per heavy atom. The van der Waals surface area contributed by atoms with Crippen molar-refractivity contribution in [1.29, 1.82) is 0 Å². The second kappa shape index (κ2) is 9.91. The lowest BCUT2D eigenvalue weighted by atomic mass is 9.98. The van der Waals surface area contributed by atoms with Gasteiger partial charge in [-0.3, -0.25) is 9.59 Å². The summed E-state index contributed by atoms with van der Waals surface area (Å²) in [4.78, 5) is 35.0. The van der Waals surface area contributed by atoms with E-state index >= 15 is 0 Å². The van der Waals surface area contributed by atoms with Crippen LogP contribution in [0.3, 0.4) is 0 Å². The van der Waals surface area contributed by atoms with Gasteiger partial charge in [0.25, 0.3) is 0 Å². The Morgan fingerprint density at radius 1 is 1.03 bits per heavy atom. The summed E-state index contributed by atoms with van der Waals surface area (Å²) in [5.41, 5.74) is 4.50. The number of aliphatic carboxylic acids is 1. The molecule has 2 amide bonds. The molecule has 1 aliphatic carbocycles. The molecular formula is C23H26N2O5. The molecule has 0 heterocycles. The van der Waals surface area contributed by atoms with Crippen molar-refractivity contribution in [3.63, 3.8) is 0 Å². The molecule has 0 fully saturated rings. The highest BCUT2D eigenvalue weighted by atomic mass is 16.5. The van der Waals surface area contributed by atoms with Gasteiger partial charge in [0.15, 0.2) is 0 Å². The summed E-state index contributed by atoms with van der Waals surface area (Å²) in [6.07, 6.45) is 0.475. The largest absolute Gasteiger partial charge is 0.481 e. The Balaban J connectivity index is 1.52. The van der Waals surface area contributed by atoms with Crippen LogP contribution < -0.4 is 10.6 Å². The van der Waals surface area contributed by atoms with E-state index < -0.39 is 24.0 Å². The van der Waals surface area contributed by atoms with Crippen LogP contribution in [0.5, 0.6) is 0 Å². The SMILES string of the molecule is CCC[C@@H](CC(=O)O)NC(=O)CNC(=O)OCC1c2ccccc2-c2ccccc21. The normalized spacial score (nSPS) is 13.1. The highest BCUT2D eigenvalue weighted by Crippen LogP contribution is 2.44. The fourth-order valence-electron chi connectivity index (χ4n) is 3.87. The number of ether oxygens (including phenoxy) is 1. The highest BCUT2D eigenvalue weighted by molar-refractivity contribution is 5.83. The van der Waals surface area contributed by atoms with E-state index in [1.54, 1.807) is 0 Å². The quantitative estimate of drug-likeness (QED) is 0.588. The number of carbonyl (C=O) groups is 3. The first-order valence-electron chi connectivity index (χ1n) is 10.1. The van der Waals surface area contributed by atoms with Gasteiger partial charge in [0, 0.05) is 12.0 Å². The van der Waals surface area contributed by atoms with E-state index in [1.807, 2.05) is 43.3 Å². The second-order valence-corrected chi connectivity index (χ2v) is 7.33. The van der Waals surface area contributed by atoms with Gasteiger partial charge in [-0.25, -0.2) is 4.79 Å². The predicted octanol–water partition coefficient (Wildman–Crippen LogP) is 3.28. The van der Waals surface area contributed by atoms with Gasteiger partial charge < -0.3 is 20.5 Å². The summed E-state index contributed by atoms with van der Waals surface area (Å²) in [5.74, 6) is -1.47. The minimum Gasteiger partial charge on any atom is -0.481 e. The van der Waals surface area contributed by atoms with Crippen LogP contribution in [0, 0.1) is 0 Å². The molecule has 7 heteroatoms. The number of carboxylic acids is 1. The average molecular weight is 410 g/mol. The molecule has 0 spiro atoms. The lowest BCUT2D eigenvalue weighted by molar-refractivity contribution is -0.137. The molecule has 1 atom stereocenters. The Kier molecular flexibility index (Phi) is 7.06. The molecule has 0 unspecified atom stereocenters. The van der Waals surface area contributed by atoms with E-state index in [2.05, 4.69) is 22.8 Å². The molecule has 1 aliphatic rings. The molecule has 0 saturated heterocycles. The van der Waals surface area contributed by atoms with E-state index in [0.29, 0.717) is 6.42 Å². The Bertz CT molecular complexity index is 882. The molecule has 2 aromatic carbocycles. The molecule has 0 radical (unpaired) electrons. The Morgan fingerprint density at radius 2 is 1.63 bits per heavy atom. The summed E-state index contributed by atoms with van der Waals surface area (Å²) < 4.78 is 5.38. The number of carbonyl (C=O) groups excluding carboxylic acids is 2. The van der Waals surface area contributed by atoms with Crippen molar-refractivity contribution in [3.8, 4) is 11.1 Å². The fourth-order valence-corrected chi connectivity index (χ4v) is 3.87. The average Bonchev–Trinajstić information content (AvgIpc) is 3.04. The lowest BCUT2D eigenvalue weighted by Gasteiger charge is -2.17. The summed E-state index contributed by atoms with van der Waals surface area (Å²) in [7, 11) is 0. The molecule has 0 bridgehead atoms. The van der Waals surface area contributed by atoms with Crippen molar-refractivity contribution in [3.05, 3.63) is 59.7 Å². The summed E-state index contributed by atoms with van der Waals surface area (Å²) >= 11 is 0. The van der Waals surface area contributed by atoms with Gasteiger partial charge in [-0.2, -0.15) is 0 Å². The standard InChI is InChI=1S/C23H26N2O5/c1-2-7-15(12-22(27)28)25-21(26)13-24-23(29)30-14-20-18-10-5-3-8-16(18)17-9-4-6-11-19(17)20/h3-6,8-11,15,20H,2,7,12-14H2,1H3,(H,24,29)(H,25,26)(H,27,28)/t15-/m0/s1. The maximum Gasteiger partial charge on any atom is 0.407 e. The van der Waals surface area contributed by atoms with Crippen LogP contribution in [0.2, 0.25) is 0 Å². The molecule has 0 aromatic heterocycles. The molecule has 2 aromatic rings. The van der Waals surface area contributed by atoms with Crippen LogP contribution >= 0.6 is 0 Å². The van der Waals surface area contributed by atoms with Crippen LogP contribution in [0.4, 0.5) is 4.79 Å². The smallest absolute Gasteiger partial charge is 0.407 e. The third-order valence-electron chi connectivity index (χ3n) is 5.16. The number of alkyl carbamates (subject to hydrolysis) is 1. The zero-order valence-electron chi connectivity index (χ0n) is 16.9. The van der Waals surface area contributed by atoms with E-state index in [1.165, 1.54) is 0 Å². The molecule has 0 aliphatic heterocycles. The Hall–Kier alpha value is -3.35. The minimum atomic E-state index is -0.974. The number of rotatable bonds is 9. The highest BCUT2D eigenvalue weighted by Gasteiger charge is 2.29. The number of amides is 2. The monoisotopic (exact) mass is 410 g/mol. The number of hydrogen-bond donors (Lipinski definition) is 3. The minimum absolute atomic E-state index is 0.0542. The zero-order valence-corrected chi connectivity index (χ0v) is 16.9. The van der Waals surface area contributed by atoms with Crippen molar-refractivity contribution in [2.24, 2.45) is 0 Å². The maximum atomic E-state index is 12.1. The van der Waals surface area contributed by atoms with E-state index in [9.17, 15) is 14.4 Å². The molecule has 3 N–H and O–H groups in total. The topological polar surface area (TPSA) is 105 Å². The fraction of sp³-hybridized carbons (Fsp3) is 0.348. The number of nitrogens with one attached hydrogen (secondary N) is 2. The van der Waals surface area contributed by atoms with Gasteiger partial charge in [-0.15, -0.1) is 0 Å². The van der Waals surface area contributed by atoms with Crippen LogP contribution in [-0.2, 0) is 14.3 Å². The van der Waals surface area contributed by atoms with Gasteiger partial charge in [0.2, 0.25) is 5.91 Å². The van der Waals surface area contributed by atoms with Gasteiger partial charge in [0.05, 0.1) is 6.42 Å². The number of hydrogen-bond acceptors (Lipinski definition) is 4. The number of fused-ring (bicyclic) bond motifs is 3. The molecule has 0 saturated carbocycles. The first-order chi connectivity index (χ1) is 14.5. The van der Waals surface area contributed by atoms with Crippen molar-refractivity contribution in [2.45, 2.75) is 38.1 Å². The summed E-state index contributed by atoms with van der Waals surface area (Å²) in [6, 6.07) is 15.6. The Labute approximate surface area is 175 Å². The molecular weight excluding hydrogens is 384 g/mol.